The summed E-state index contributed by atoms with van der Waals surface area (Å²) in [6.45, 7) is 5.91. The molecule has 1 heterocycles. The summed E-state index contributed by atoms with van der Waals surface area (Å²) < 4.78 is 5.53. The van der Waals surface area contributed by atoms with Crippen molar-refractivity contribution < 1.29 is 19.7 Å². The van der Waals surface area contributed by atoms with Gasteiger partial charge in [0.1, 0.15) is 6.10 Å². The summed E-state index contributed by atoms with van der Waals surface area (Å²) in [7, 11) is 0. The van der Waals surface area contributed by atoms with Crippen LogP contribution < -0.4 is 0 Å². The Balaban J connectivity index is 2.08. The zero-order valence-corrected chi connectivity index (χ0v) is 11.3. The Morgan fingerprint density at radius 3 is 2.79 bits per heavy atom. The molecule has 0 aromatic heterocycles. The molecule has 2 N–H and O–H groups in total. The standard InChI is InChI=1S/C15H22O4/c1-8-3-4-10-9(2)14(18)19-13(10)15(7-16)11(8)5-6-12(15)17/h8,10-13,16-17H,2-7H2,1H3/t8-,10-,11-,12-,13+,15-/m0/s1. The van der Waals surface area contributed by atoms with Gasteiger partial charge in [0.25, 0.3) is 0 Å². The van der Waals surface area contributed by atoms with Gasteiger partial charge in [0.15, 0.2) is 0 Å². The summed E-state index contributed by atoms with van der Waals surface area (Å²) >= 11 is 0. The fourth-order valence-electron chi connectivity index (χ4n) is 4.71. The summed E-state index contributed by atoms with van der Waals surface area (Å²) in [4.78, 5) is 11.8. The van der Waals surface area contributed by atoms with Crippen LogP contribution in [0, 0.1) is 23.2 Å². The molecule has 0 aromatic rings. The monoisotopic (exact) mass is 266 g/mol. The summed E-state index contributed by atoms with van der Waals surface area (Å²) in [6.07, 6.45) is 2.45. The highest BCUT2D eigenvalue weighted by Gasteiger charge is 2.63. The third-order valence-corrected chi connectivity index (χ3v) is 5.79. The third-order valence-electron chi connectivity index (χ3n) is 5.79. The van der Waals surface area contributed by atoms with Gasteiger partial charge in [-0.2, -0.15) is 0 Å². The number of aliphatic hydroxyl groups is 2. The van der Waals surface area contributed by atoms with Gasteiger partial charge in [-0.05, 0) is 37.5 Å². The molecule has 19 heavy (non-hydrogen) atoms. The van der Waals surface area contributed by atoms with Crippen LogP contribution in [0.2, 0.25) is 0 Å². The lowest BCUT2D eigenvalue weighted by Gasteiger charge is -2.42. The van der Waals surface area contributed by atoms with Crippen molar-refractivity contribution in [3.63, 3.8) is 0 Å². The molecule has 3 aliphatic rings. The molecule has 1 saturated heterocycles. The number of fused-ring (bicyclic) bond motifs is 3. The van der Waals surface area contributed by atoms with Gasteiger partial charge >= 0.3 is 5.97 Å². The summed E-state index contributed by atoms with van der Waals surface area (Å²) in [5.74, 6) is 0.262. The molecule has 0 spiro atoms. The Morgan fingerprint density at radius 2 is 2.11 bits per heavy atom. The molecular weight excluding hydrogens is 244 g/mol. The van der Waals surface area contributed by atoms with Gasteiger partial charge < -0.3 is 14.9 Å². The number of carbonyl (C=O) groups excluding carboxylic acids is 1. The van der Waals surface area contributed by atoms with E-state index in [0.29, 0.717) is 17.9 Å². The van der Waals surface area contributed by atoms with Crippen molar-refractivity contribution in [3.8, 4) is 0 Å². The highest BCUT2D eigenvalue weighted by atomic mass is 16.6. The van der Waals surface area contributed by atoms with Crippen LogP contribution in [0.3, 0.4) is 0 Å². The second-order valence-corrected chi connectivity index (χ2v) is 6.48. The first-order chi connectivity index (χ1) is 9.02. The van der Waals surface area contributed by atoms with Crippen molar-refractivity contribution in [2.24, 2.45) is 23.2 Å². The van der Waals surface area contributed by atoms with Crippen LogP contribution in [0.1, 0.15) is 32.6 Å². The van der Waals surface area contributed by atoms with Crippen molar-refractivity contribution >= 4 is 5.97 Å². The van der Waals surface area contributed by atoms with E-state index in [4.69, 9.17) is 4.74 Å². The SMILES string of the molecule is C=C1C(=O)O[C@@H]2[C@H]1CC[C@H](C)[C@@H]1CC[C@H](O)[C@@]21CO. The summed E-state index contributed by atoms with van der Waals surface area (Å²) in [5, 5.41) is 20.5. The van der Waals surface area contributed by atoms with Gasteiger partial charge in [0, 0.05) is 11.5 Å². The van der Waals surface area contributed by atoms with Gasteiger partial charge in [-0.25, -0.2) is 4.79 Å². The van der Waals surface area contributed by atoms with Gasteiger partial charge in [-0.3, -0.25) is 0 Å². The molecular formula is C15H22O4. The van der Waals surface area contributed by atoms with E-state index in [0.717, 1.165) is 19.3 Å². The molecule has 4 heteroatoms. The molecule has 6 atom stereocenters. The van der Waals surface area contributed by atoms with E-state index in [1.54, 1.807) is 0 Å². The normalized spacial score (nSPS) is 49.5. The van der Waals surface area contributed by atoms with E-state index in [1.165, 1.54) is 0 Å². The van der Waals surface area contributed by atoms with E-state index in [9.17, 15) is 15.0 Å². The van der Waals surface area contributed by atoms with Crippen LogP contribution in [0.25, 0.3) is 0 Å². The van der Waals surface area contributed by atoms with E-state index in [1.807, 2.05) is 0 Å². The van der Waals surface area contributed by atoms with Crippen molar-refractivity contribution in [3.05, 3.63) is 12.2 Å². The van der Waals surface area contributed by atoms with Gasteiger partial charge in [-0.15, -0.1) is 0 Å². The van der Waals surface area contributed by atoms with E-state index in [-0.39, 0.29) is 24.4 Å². The molecule has 4 nitrogen and oxygen atoms in total. The molecule has 3 fully saturated rings. The predicted molar refractivity (Wildman–Crippen MR) is 69.2 cm³/mol. The molecule has 3 rings (SSSR count). The van der Waals surface area contributed by atoms with E-state index in [2.05, 4.69) is 13.5 Å². The number of hydrogen-bond acceptors (Lipinski definition) is 4. The van der Waals surface area contributed by atoms with Crippen LogP contribution in [0.15, 0.2) is 12.2 Å². The lowest BCUT2D eigenvalue weighted by atomic mass is 9.67. The predicted octanol–water partition coefficient (Wildman–Crippen LogP) is 1.26. The van der Waals surface area contributed by atoms with Crippen LogP contribution >= 0.6 is 0 Å². The van der Waals surface area contributed by atoms with Crippen LogP contribution in [0.5, 0.6) is 0 Å². The molecule has 0 bridgehead atoms. The largest absolute Gasteiger partial charge is 0.458 e. The molecule has 0 radical (unpaired) electrons. The Hall–Kier alpha value is -0.870. The quantitative estimate of drug-likeness (QED) is 0.554. The van der Waals surface area contributed by atoms with Crippen LogP contribution in [0.4, 0.5) is 0 Å². The highest BCUT2D eigenvalue weighted by molar-refractivity contribution is 5.91. The molecule has 0 aromatic carbocycles. The first kappa shape index (κ1) is 13.1. The minimum atomic E-state index is -0.685. The fourth-order valence-corrected chi connectivity index (χ4v) is 4.71. The Labute approximate surface area is 113 Å². The smallest absolute Gasteiger partial charge is 0.334 e. The van der Waals surface area contributed by atoms with Gasteiger partial charge in [-0.1, -0.05) is 13.5 Å². The average molecular weight is 266 g/mol. The van der Waals surface area contributed by atoms with E-state index >= 15 is 0 Å². The lowest BCUT2D eigenvalue weighted by molar-refractivity contribution is -0.160. The number of aliphatic hydroxyl groups excluding tert-OH is 2. The number of carbonyl (C=O) groups is 1. The number of hydrogen-bond donors (Lipinski definition) is 2. The topological polar surface area (TPSA) is 66.8 Å². The van der Waals surface area contributed by atoms with Crippen molar-refractivity contribution in [2.45, 2.75) is 44.8 Å². The van der Waals surface area contributed by atoms with E-state index < -0.39 is 17.6 Å². The lowest BCUT2D eigenvalue weighted by Crippen LogP contribution is -2.51. The number of esters is 1. The van der Waals surface area contributed by atoms with Gasteiger partial charge in [0.2, 0.25) is 0 Å². The maximum absolute atomic E-state index is 11.8. The molecule has 106 valence electrons. The zero-order chi connectivity index (χ0) is 13.8. The second kappa shape index (κ2) is 4.32. The average Bonchev–Trinajstić information content (AvgIpc) is 2.83. The Kier molecular flexibility index (Phi) is 2.98. The number of rotatable bonds is 1. The summed E-state index contributed by atoms with van der Waals surface area (Å²) in [5.41, 5.74) is -0.167. The minimum Gasteiger partial charge on any atom is -0.458 e. The third kappa shape index (κ3) is 1.56. The molecule has 2 saturated carbocycles. The van der Waals surface area contributed by atoms with Crippen molar-refractivity contribution in [1.82, 2.24) is 0 Å². The number of ether oxygens (including phenoxy) is 1. The summed E-state index contributed by atoms with van der Waals surface area (Å²) in [6, 6.07) is 0. The maximum Gasteiger partial charge on any atom is 0.334 e. The zero-order valence-electron chi connectivity index (χ0n) is 11.3. The second-order valence-electron chi connectivity index (χ2n) is 6.48. The molecule has 0 unspecified atom stereocenters. The Bertz CT molecular complexity index is 418. The fraction of sp³-hybridized carbons (Fsp3) is 0.800. The molecule has 0 amide bonds. The molecule has 2 aliphatic carbocycles. The first-order valence-electron chi connectivity index (χ1n) is 7.21. The van der Waals surface area contributed by atoms with Crippen molar-refractivity contribution in [1.29, 1.82) is 0 Å². The highest BCUT2D eigenvalue weighted by Crippen LogP contribution is 2.58. The Morgan fingerprint density at radius 1 is 1.37 bits per heavy atom. The van der Waals surface area contributed by atoms with Crippen LogP contribution in [-0.2, 0) is 9.53 Å². The maximum atomic E-state index is 11.8. The van der Waals surface area contributed by atoms with Crippen LogP contribution in [-0.4, -0.2) is 35.0 Å². The van der Waals surface area contributed by atoms with Crippen molar-refractivity contribution in [2.75, 3.05) is 6.61 Å². The first-order valence-corrected chi connectivity index (χ1v) is 7.21. The minimum absolute atomic E-state index is 0.0418. The van der Waals surface area contributed by atoms with Gasteiger partial charge in [0.05, 0.1) is 18.1 Å². The molecule has 1 aliphatic heterocycles.